The number of rotatable bonds is 8. The summed E-state index contributed by atoms with van der Waals surface area (Å²) < 4.78 is 5.19. The normalized spacial score (nSPS) is 13.5. The maximum atomic E-state index is 12.5. The van der Waals surface area contributed by atoms with E-state index in [4.69, 9.17) is 4.52 Å². The third kappa shape index (κ3) is 4.66. The topological polar surface area (TPSA) is 84.2 Å². The number of amides is 2. The van der Waals surface area contributed by atoms with Crippen molar-refractivity contribution in [2.45, 2.75) is 37.3 Å². The van der Waals surface area contributed by atoms with Gasteiger partial charge in [-0.25, -0.2) is 0 Å². The molecule has 1 fully saturated rings. The van der Waals surface area contributed by atoms with E-state index in [1.165, 1.54) is 0 Å². The van der Waals surface area contributed by atoms with Crippen molar-refractivity contribution in [3.8, 4) is 0 Å². The standard InChI is InChI=1S/C19H23N3O3S/c1-12-16(13(2)25-22-12)11-26-17-6-4-3-5-15(17)19(24)21-10-9-20-18(23)14-7-8-14/h3-6,14H,7-11H2,1-2H3,(H,20,23)(H,21,24). The highest BCUT2D eigenvalue weighted by Crippen LogP contribution is 2.29. The molecule has 26 heavy (non-hydrogen) atoms. The van der Waals surface area contributed by atoms with Crippen LogP contribution in [0.3, 0.4) is 0 Å². The minimum atomic E-state index is -0.132. The van der Waals surface area contributed by atoms with Gasteiger partial charge in [0.1, 0.15) is 5.76 Å². The molecule has 0 aliphatic heterocycles. The van der Waals surface area contributed by atoms with Crippen LogP contribution < -0.4 is 10.6 Å². The van der Waals surface area contributed by atoms with Crippen LogP contribution in [0.4, 0.5) is 0 Å². The number of benzene rings is 1. The summed E-state index contributed by atoms with van der Waals surface area (Å²) in [5, 5.41) is 9.68. The maximum Gasteiger partial charge on any atom is 0.252 e. The Hall–Kier alpha value is -2.28. The first-order valence-corrected chi connectivity index (χ1v) is 9.74. The Morgan fingerprint density at radius 2 is 1.92 bits per heavy atom. The van der Waals surface area contributed by atoms with E-state index in [0.29, 0.717) is 24.4 Å². The van der Waals surface area contributed by atoms with Gasteiger partial charge in [-0.3, -0.25) is 9.59 Å². The van der Waals surface area contributed by atoms with Crippen LogP contribution >= 0.6 is 11.8 Å². The van der Waals surface area contributed by atoms with Crippen LogP contribution in [0.2, 0.25) is 0 Å². The van der Waals surface area contributed by atoms with Crippen molar-refractivity contribution >= 4 is 23.6 Å². The maximum absolute atomic E-state index is 12.5. The molecule has 1 aliphatic rings. The molecule has 0 saturated heterocycles. The van der Waals surface area contributed by atoms with Crippen molar-refractivity contribution in [1.29, 1.82) is 0 Å². The Balaban J connectivity index is 1.53. The van der Waals surface area contributed by atoms with Gasteiger partial charge in [0.25, 0.3) is 5.91 Å². The Morgan fingerprint density at radius 3 is 2.62 bits per heavy atom. The largest absolute Gasteiger partial charge is 0.361 e. The second-order valence-corrected chi connectivity index (χ2v) is 7.43. The van der Waals surface area contributed by atoms with E-state index in [2.05, 4.69) is 15.8 Å². The van der Waals surface area contributed by atoms with Gasteiger partial charge < -0.3 is 15.2 Å². The Kier molecular flexibility index (Phi) is 5.98. The van der Waals surface area contributed by atoms with E-state index < -0.39 is 0 Å². The molecule has 1 heterocycles. The summed E-state index contributed by atoms with van der Waals surface area (Å²) in [4.78, 5) is 25.0. The number of carbonyl (C=O) groups excluding carboxylic acids is 2. The lowest BCUT2D eigenvalue weighted by Crippen LogP contribution is -2.35. The molecule has 0 atom stereocenters. The van der Waals surface area contributed by atoms with Crippen LogP contribution in [0.25, 0.3) is 0 Å². The average molecular weight is 373 g/mol. The van der Waals surface area contributed by atoms with E-state index in [0.717, 1.165) is 34.8 Å². The molecular weight excluding hydrogens is 350 g/mol. The fraction of sp³-hybridized carbons (Fsp3) is 0.421. The van der Waals surface area contributed by atoms with Gasteiger partial charge in [0.15, 0.2) is 0 Å². The van der Waals surface area contributed by atoms with E-state index in [9.17, 15) is 9.59 Å². The van der Waals surface area contributed by atoms with Gasteiger partial charge in [0.05, 0.1) is 11.3 Å². The van der Waals surface area contributed by atoms with Crippen molar-refractivity contribution in [3.05, 3.63) is 46.8 Å². The molecular formula is C19H23N3O3S. The van der Waals surface area contributed by atoms with Crippen molar-refractivity contribution in [2.75, 3.05) is 13.1 Å². The first-order chi connectivity index (χ1) is 12.6. The molecule has 1 saturated carbocycles. The fourth-order valence-corrected chi connectivity index (χ4v) is 3.79. The van der Waals surface area contributed by atoms with Crippen LogP contribution in [0.1, 0.15) is 40.2 Å². The molecule has 1 aromatic heterocycles. The zero-order chi connectivity index (χ0) is 18.5. The molecule has 7 heteroatoms. The van der Waals surface area contributed by atoms with Crippen molar-refractivity contribution in [1.82, 2.24) is 15.8 Å². The number of hydrogen-bond donors (Lipinski definition) is 2. The molecule has 138 valence electrons. The summed E-state index contributed by atoms with van der Waals surface area (Å²) >= 11 is 1.59. The predicted molar refractivity (Wildman–Crippen MR) is 100 cm³/mol. The molecule has 0 unspecified atom stereocenters. The number of aromatic nitrogens is 1. The lowest BCUT2D eigenvalue weighted by Gasteiger charge is -2.10. The minimum Gasteiger partial charge on any atom is -0.361 e. The first-order valence-electron chi connectivity index (χ1n) is 8.75. The second-order valence-electron chi connectivity index (χ2n) is 6.41. The molecule has 0 radical (unpaired) electrons. The Bertz CT molecular complexity index is 780. The van der Waals surface area contributed by atoms with Gasteiger partial charge >= 0.3 is 0 Å². The van der Waals surface area contributed by atoms with Gasteiger partial charge in [0, 0.05) is 35.2 Å². The van der Waals surface area contributed by atoms with Gasteiger partial charge in [-0.15, -0.1) is 11.8 Å². The van der Waals surface area contributed by atoms with Crippen LogP contribution in [0.15, 0.2) is 33.7 Å². The molecule has 2 amide bonds. The summed E-state index contributed by atoms with van der Waals surface area (Å²) in [7, 11) is 0. The summed E-state index contributed by atoms with van der Waals surface area (Å²) in [6.45, 7) is 4.68. The van der Waals surface area contributed by atoms with E-state index in [-0.39, 0.29) is 17.7 Å². The average Bonchev–Trinajstić information content (AvgIpc) is 3.44. The smallest absolute Gasteiger partial charge is 0.252 e. The summed E-state index contributed by atoms with van der Waals surface area (Å²) in [5.74, 6) is 1.65. The highest BCUT2D eigenvalue weighted by Gasteiger charge is 2.29. The van der Waals surface area contributed by atoms with Gasteiger partial charge in [-0.1, -0.05) is 17.3 Å². The zero-order valence-corrected chi connectivity index (χ0v) is 15.8. The molecule has 2 aromatic rings. The van der Waals surface area contributed by atoms with Gasteiger partial charge in [-0.05, 0) is 38.8 Å². The van der Waals surface area contributed by atoms with E-state index in [1.54, 1.807) is 11.8 Å². The molecule has 3 rings (SSSR count). The van der Waals surface area contributed by atoms with Crippen molar-refractivity contribution in [2.24, 2.45) is 5.92 Å². The molecule has 6 nitrogen and oxygen atoms in total. The van der Waals surface area contributed by atoms with E-state index >= 15 is 0 Å². The Labute approximate surface area is 157 Å². The van der Waals surface area contributed by atoms with Gasteiger partial charge in [-0.2, -0.15) is 0 Å². The summed E-state index contributed by atoms with van der Waals surface area (Å²) in [6, 6.07) is 7.52. The van der Waals surface area contributed by atoms with Gasteiger partial charge in [0.2, 0.25) is 5.91 Å². The molecule has 0 bridgehead atoms. The SMILES string of the molecule is Cc1noc(C)c1CSc1ccccc1C(=O)NCCNC(=O)C1CC1. The van der Waals surface area contributed by atoms with Crippen LogP contribution in [-0.2, 0) is 10.5 Å². The first kappa shape index (κ1) is 18.5. The molecule has 0 spiro atoms. The molecule has 2 N–H and O–H groups in total. The number of carbonyl (C=O) groups is 2. The number of hydrogen-bond acceptors (Lipinski definition) is 5. The minimum absolute atomic E-state index is 0.0923. The Morgan fingerprint density at radius 1 is 1.19 bits per heavy atom. The summed E-state index contributed by atoms with van der Waals surface area (Å²) in [5.41, 5.74) is 2.58. The number of nitrogens with zero attached hydrogens (tertiary/aromatic N) is 1. The number of nitrogens with one attached hydrogen (secondary N) is 2. The lowest BCUT2D eigenvalue weighted by atomic mass is 10.2. The third-order valence-corrected chi connectivity index (χ3v) is 5.44. The van der Waals surface area contributed by atoms with Crippen molar-refractivity contribution in [3.63, 3.8) is 0 Å². The monoisotopic (exact) mass is 373 g/mol. The van der Waals surface area contributed by atoms with Crippen LogP contribution in [0.5, 0.6) is 0 Å². The van der Waals surface area contributed by atoms with Crippen LogP contribution in [0, 0.1) is 19.8 Å². The zero-order valence-electron chi connectivity index (χ0n) is 15.0. The highest BCUT2D eigenvalue weighted by molar-refractivity contribution is 7.98. The molecule has 1 aliphatic carbocycles. The second kappa shape index (κ2) is 8.40. The number of thioether (sulfide) groups is 1. The molecule has 1 aromatic carbocycles. The fourth-order valence-electron chi connectivity index (χ4n) is 2.58. The predicted octanol–water partition coefficient (Wildman–Crippen LogP) is 2.84. The van der Waals surface area contributed by atoms with Crippen LogP contribution in [-0.4, -0.2) is 30.1 Å². The lowest BCUT2D eigenvalue weighted by molar-refractivity contribution is -0.122. The highest BCUT2D eigenvalue weighted by atomic mass is 32.2. The summed E-state index contributed by atoms with van der Waals surface area (Å²) in [6.07, 6.45) is 1.96. The van der Waals surface area contributed by atoms with E-state index in [1.807, 2.05) is 38.1 Å². The third-order valence-electron chi connectivity index (χ3n) is 4.34. The van der Waals surface area contributed by atoms with Crippen molar-refractivity contribution < 1.29 is 14.1 Å². The quantitative estimate of drug-likeness (QED) is 0.549. The number of aryl methyl sites for hydroxylation is 2.